The topological polar surface area (TPSA) is 59.4 Å². The molecule has 1 aromatic heterocycles. The van der Waals surface area contributed by atoms with Crippen molar-refractivity contribution in [2.45, 2.75) is 77.0 Å². The molecule has 3 atom stereocenters. The fourth-order valence-electron chi connectivity index (χ4n) is 5.54. The van der Waals surface area contributed by atoms with Crippen LogP contribution in [0.5, 0.6) is 5.75 Å². The summed E-state index contributed by atoms with van der Waals surface area (Å²) in [4.78, 5) is 19.7. The van der Waals surface area contributed by atoms with E-state index in [1.54, 1.807) is 0 Å². The van der Waals surface area contributed by atoms with Crippen LogP contribution in [0.25, 0.3) is 0 Å². The number of aromatic nitrogens is 2. The van der Waals surface area contributed by atoms with Crippen LogP contribution >= 0.6 is 0 Å². The average Bonchev–Trinajstić information content (AvgIpc) is 3.51. The van der Waals surface area contributed by atoms with Gasteiger partial charge in [0.05, 0.1) is 30.7 Å². The van der Waals surface area contributed by atoms with Crippen molar-refractivity contribution in [3.8, 4) is 5.75 Å². The fourth-order valence-corrected chi connectivity index (χ4v) is 5.54. The van der Waals surface area contributed by atoms with Gasteiger partial charge in [0.1, 0.15) is 5.75 Å². The molecule has 1 N–H and O–H groups in total. The molecule has 2 aliphatic heterocycles. The number of ether oxygens (including phenoxy) is 1. The van der Waals surface area contributed by atoms with Gasteiger partial charge in [-0.25, -0.2) is 4.98 Å². The largest absolute Gasteiger partial charge is 0.493 e. The van der Waals surface area contributed by atoms with Gasteiger partial charge in [0.25, 0.3) is 0 Å². The zero-order valence-corrected chi connectivity index (χ0v) is 21.5. The summed E-state index contributed by atoms with van der Waals surface area (Å²) >= 11 is 0. The van der Waals surface area contributed by atoms with Crippen molar-refractivity contribution in [1.29, 1.82) is 0 Å². The predicted molar refractivity (Wildman–Crippen MR) is 142 cm³/mol. The van der Waals surface area contributed by atoms with Gasteiger partial charge < -0.3 is 19.5 Å². The quantitative estimate of drug-likeness (QED) is 0.415. The maximum absolute atomic E-state index is 13.3. The van der Waals surface area contributed by atoms with Crippen molar-refractivity contribution in [3.05, 3.63) is 83.4 Å². The number of imidazole rings is 1. The molecule has 0 spiro atoms. The van der Waals surface area contributed by atoms with E-state index >= 15 is 0 Å². The van der Waals surface area contributed by atoms with E-state index in [9.17, 15) is 4.79 Å². The molecular weight excluding hydrogens is 448 g/mol. The molecule has 190 valence electrons. The highest BCUT2D eigenvalue weighted by atomic mass is 16.5. The van der Waals surface area contributed by atoms with E-state index in [-0.39, 0.29) is 18.0 Å². The zero-order valence-electron chi connectivity index (χ0n) is 21.5. The smallest absolute Gasteiger partial charge is 0.240 e. The minimum atomic E-state index is -0.160. The number of para-hydroxylation sites is 1. The summed E-state index contributed by atoms with van der Waals surface area (Å²) in [6, 6.07) is 17.1. The standard InChI is InChI=1S/C30H38N4O2/c1-3-4-7-22(2)24-12-10-23(11-13-24)20-33-21-31-18-25(33)19-32-27-14-16-34(30(27)35)28-15-17-36-29-9-6-5-8-26(28)29/h5-6,8-13,18,21-22,27-28,32H,3-4,7,14-17,19-20H2,1-2H3. The Morgan fingerprint density at radius 2 is 1.97 bits per heavy atom. The second-order valence-electron chi connectivity index (χ2n) is 10.2. The van der Waals surface area contributed by atoms with Crippen LogP contribution in [0.2, 0.25) is 0 Å². The van der Waals surface area contributed by atoms with Crippen LogP contribution < -0.4 is 10.1 Å². The van der Waals surface area contributed by atoms with Crippen LogP contribution in [0.4, 0.5) is 0 Å². The summed E-state index contributed by atoms with van der Waals surface area (Å²) in [7, 11) is 0. The molecule has 0 radical (unpaired) electrons. The minimum absolute atomic E-state index is 0.104. The Labute approximate surface area is 214 Å². The lowest BCUT2D eigenvalue weighted by atomic mass is 9.95. The summed E-state index contributed by atoms with van der Waals surface area (Å²) in [6.45, 7) is 7.40. The number of likely N-dealkylation sites (tertiary alicyclic amines) is 1. The number of benzene rings is 2. The zero-order chi connectivity index (χ0) is 24.9. The molecule has 3 heterocycles. The molecule has 1 amide bonds. The molecule has 0 aliphatic carbocycles. The number of unbranched alkanes of at least 4 members (excludes halogenated alkanes) is 1. The molecule has 0 bridgehead atoms. The molecule has 2 aliphatic rings. The SMILES string of the molecule is CCCCC(C)c1ccc(Cn2cncc2CNC2CCN(C3CCOc4ccccc43)C2=O)cc1. The highest BCUT2D eigenvalue weighted by Gasteiger charge is 2.38. The molecule has 3 aromatic rings. The first-order valence-electron chi connectivity index (χ1n) is 13.5. The number of hydrogen-bond acceptors (Lipinski definition) is 4. The van der Waals surface area contributed by atoms with E-state index in [2.05, 4.69) is 59.0 Å². The van der Waals surface area contributed by atoms with E-state index < -0.39 is 0 Å². The number of fused-ring (bicyclic) bond motifs is 1. The van der Waals surface area contributed by atoms with Crippen molar-refractivity contribution in [2.24, 2.45) is 0 Å². The molecule has 1 saturated heterocycles. The van der Waals surface area contributed by atoms with E-state index in [0.29, 0.717) is 19.1 Å². The third-order valence-corrected chi connectivity index (χ3v) is 7.76. The summed E-state index contributed by atoms with van der Waals surface area (Å²) in [5.41, 5.74) is 4.90. The second kappa shape index (κ2) is 11.3. The Morgan fingerprint density at radius 1 is 1.14 bits per heavy atom. The lowest BCUT2D eigenvalue weighted by Gasteiger charge is -2.33. The third kappa shape index (κ3) is 5.34. The molecule has 6 nitrogen and oxygen atoms in total. The van der Waals surface area contributed by atoms with Gasteiger partial charge in [-0.3, -0.25) is 4.79 Å². The van der Waals surface area contributed by atoms with E-state index in [0.717, 1.165) is 42.9 Å². The molecule has 1 fully saturated rings. The van der Waals surface area contributed by atoms with E-state index in [1.165, 1.54) is 30.4 Å². The Balaban J connectivity index is 1.17. The van der Waals surface area contributed by atoms with Crippen LogP contribution in [0, 0.1) is 0 Å². The van der Waals surface area contributed by atoms with Crippen molar-refractivity contribution in [1.82, 2.24) is 19.8 Å². The summed E-state index contributed by atoms with van der Waals surface area (Å²) in [6.07, 6.45) is 9.22. The van der Waals surface area contributed by atoms with Gasteiger partial charge in [-0.15, -0.1) is 0 Å². The first kappa shape index (κ1) is 24.6. The number of nitrogens with zero attached hydrogens (tertiary/aromatic N) is 3. The van der Waals surface area contributed by atoms with Crippen LogP contribution in [0.3, 0.4) is 0 Å². The summed E-state index contributed by atoms with van der Waals surface area (Å²) < 4.78 is 7.98. The maximum atomic E-state index is 13.3. The highest BCUT2D eigenvalue weighted by molar-refractivity contribution is 5.84. The molecule has 2 aromatic carbocycles. The van der Waals surface area contributed by atoms with E-state index in [4.69, 9.17) is 4.74 Å². The van der Waals surface area contributed by atoms with Crippen molar-refractivity contribution >= 4 is 5.91 Å². The predicted octanol–water partition coefficient (Wildman–Crippen LogP) is 5.44. The van der Waals surface area contributed by atoms with Crippen LogP contribution in [0.15, 0.2) is 61.1 Å². The second-order valence-corrected chi connectivity index (χ2v) is 10.2. The number of nitrogens with one attached hydrogen (secondary N) is 1. The minimum Gasteiger partial charge on any atom is -0.493 e. The molecule has 6 heteroatoms. The first-order valence-corrected chi connectivity index (χ1v) is 13.5. The van der Waals surface area contributed by atoms with Crippen molar-refractivity contribution < 1.29 is 9.53 Å². The van der Waals surface area contributed by atoms with Gasteiger partial charge in [-0.05, 0) is 36.0 Å². The molecule has 5 rings (SSSR count). The number of rotatable bonds is 10. The monoisotopic (exact) mass is 486 g/mol. The van der Waals surface area contributed by atoms with Gasteiger partial charge in [-0.2, -0.15) is 0 Å². The Bertz CT molecular complexity index is 1160. The van der Waals surface area contributed by atoms with Gasteiger partial charge >= 0.3 is 0 Å². The van der Waals surface area contributed by atoms with Crippen LogP contribution in [-0.2, 0) is 17.9 Å². The maximum Gasteiger partial charge on any atom is 0.240 e. The first-order chi connectivity index (χ1) is 17.6. The summed E-state index contributed by atoms with van der Waals surface area (Å²) in [5.74, 6) is 1.70. The highest BCUT2D eigenvalue weighted by Crippen LogP contribution is 2.37. The van der Waals surface area contributed by atoms with Gasteiger partial charge in [0.2, 0.25) is 5.91 Å². The van der Waals surface area contributed by atoms with Gasteiger partial charge in [-0.1, -0.05) is 69.2 Å². The average molecular weight is 487 g/mol. The lowest BCUT2D eigenvalue weighted by Crippen LogP contribution is -2.40. The molecule has 3 unspecified atom stereocenters. The number of carbonyl (C=O) groups excluding carboxylic acids is 1. The van der Waals surface area contributed by atoms with Gasteiger partial charge in [0, 0.05) is 37.8 Å². The van der Waals surface area contributed by atoms with Crippen LogP contribution in [-0.4, -0.2) is 39.6 Å². The number of amides is 1. The fraction of sp³-hybridized carbons (Fsp3) is 0.467. The van der Waals surface area contributed by atoms with Crippen molar-refractivity contribution in [3.63, 3.8) is 0 Å². The van der Waals surface area contributed by atoms with Crippen LogP contribution in [0.1, 0.15) is 80.3 Å². The third-order valence-electron chi connectivity index (χ3n) is 7.76. The Morgan fingerprint density at radius 3 is 2.81 bits per heavy atom. The van der Waals surface area contributed by atoms with Gasteiger partial charge in [0.15, 0.2) is 0 Å². The normalized spacial score (nSPS) is 20.3. The van der Waals surface area contributed by atoms with E-state index in [1.807, 2.05) is 35.6 Å². The molecule has 36 heavy (non-hydrogen) atoms. The lowest BCUT2D eigenvalue weighted by molar-refractivity contribution is -0.132. The van der Waals surface area contributed by atoms with Crippen molar-refractivity contribution in [2.75, 3.05) is 13.2 Å². The Hall–Kier alpha value is -3.12. The summed E-state index contributed by atoms with van der Waals surface area (Å²) in [5, 5.41) is 3.51. The molecular formula is C30H38N4O2. The Kier molecular flexibility index (Phi) is 7.71. The number of carbonyl (C=O) groups is 1. The molecule has 0 saturated carbocycles. The number of hydrogen-bond donors (Lipinski definition) is 1.